The third-order valence-electron chi connectivity index (χ3n) is 3.73. The van der Waals surface area contributed by atoms with Crippen LogP contribution in [0.4, 0.5) is 24.5 Å². The summed E-state index contributed by atoms with van der Waals surface area (Å²) < 4.78 is 46.5. The van der Waals surface area contributed by atoms with Crippen LogP contribution in [-0.2, 0) is 4.74 Å². The fraction of sp³-hybridized carbons (Fsp3) is 0.353. The predicted molar refractivity (Wildman–Crippen MR) is 91.0 cm³/mol. The molecular weight excluding hydrogens is 365 g/mol. The van der Waals surface area contributed by atoms with Gasteiger partial charge in [0.15, 0.2) is 6.61 Å². The molecule has 3 rings (SSSR count). The minimum Gasteiger partial charge on any atom is -0.468 e. The third kappa shape index (κ3) is 5.55. The summed E-state index contributed by atoms with van der Waals surface area (Å²) in [5.41, 5.74) is 1.29. The van der Waals surface area contributed by atoms with Crippen molar-refractivity contribution >= 4 is 17.3 Å². The van der Waals surface area contributed by atoms with Crippen LogP contribution >= 0.6 is 0 Å². The predicted octanol–water partition coefficient (Wildman–Crippen LogP) is 2.51. The van der Waals surface area contributed by atoms with E-state index >= 15 is 0 Å². The number of carbonyl (C=O) groups excluding carboxylic acids is 1. The lowest BCUT2D eigenvalue weighted by molar-refractivity contribution is -0.154. The van der Waals surface area contributed by atoms with Crippen LogP contribution in [0.2, 0.25) is 0 Å². The van der Waals surface area contributed by atoms with Gasteiger partial charge in [-0.05, 0) is 18.2 Å². The molecule has 1 aliphatic heterocycles. The topological polar surface area (TPSA) is 76.6 Å². The minimum atomic E-state index is -4.47. The average Bonchev–Trinajstić information content (AvgIpc) is 2.67. The van der Waals surface area contributed by atoms with Crippen molar-refractivity contribution in [2.45, 2.75) is 6.18 Å². The first-order valence-corrected chi connectivity index (χ1v) is 8.16. The van der Waals surface area contributed by atoms with Gasteiger partial charge in [0, 0.05) is 42.9 Å². The highest BCUT2D eigenvalue weighted by Gasteiger charge is 2.28. The summed E-state index contributed by atoms with van der Waals surface area (Å²) in [6, 6.07) is 6.13. The standard InChI is InChI=1S/C17H17F3N4O3/c18-17(19,20)11-27-15-9-12(1-3-22-15)23-16(25)14-10-13(2-4-21-14)24-5-7-26-8-6-24/h1-4,9-10H,5-8,11H2,(H,22,23,25). The molecule has 0 saturated carbocycles. The van der Waals surface area contributed by atoms with Crippen molar-refractivity contribution in [1.82, 2.24) is 9.97 Å². The number of nitrogens with zero attached hydrogens (tertiary/aromatic N) is 3. The lowest BCUT2D eigenvalue weighted by Gasteiger charge is -2.28. The van der Waals surface area contributed by atoms with Gasteiger partial charge in [-0.1, -0.05) is 0 Å². The molecule has 2 aromatic heterocycles. The zero-order chi connectivity index (χ0) is 19.3. The molecule has 27 heavy (non-hydrogen) atoms. The van der Waals surface area contributed by atoms with Gasteiger partial charge in [-0.15, -0.1) is 0 Å². The summed E-state index contributed by atoms with van der Waals surface area (Å²) in [5, 5.41) is 2.58. The zero-order valence-corrected chi connectivity index (χ0v) is 14.2. The van der Waals surface area contributed by atoms with E-state index in [1.807, 2.05) is 0 Å². The molecule has 0 unspecified atom stereocenters. The van der Waals surface area contributed by atoms with Gasteiger partial charge in [-0.25, -0.2) is 4.98 Å². The van der Waals surface area contributed by atoms with Crippen LogP contribution in [0.5, 0.6) is 5.88 Å². The molecular formula is C17H17F3N4O3. The maximum atomic E-state index is 12.4. The van der Waals surface area contributed by atoms with Crippen molar-refractivity contribution < 1.29 is 27.4 Å². The van der Waals surface area contributed by atoms with Gasteiger partial charge in [-0.3, -0.25) is 9.78 Å². The Morgan fingerprint density at radius 2 is 1.93 bits per heavy atom. The Bertz CT molecular complexity index is 795. The SMILES string of the molecule is O=C(Nc1ccnc(OCC(F)(F)F)c1)c1cc(N2CCOCC2)ccn1. The minimum absolute atomic E-state index is 0.188. The molecule has 0 aromatic carbocycles. The van der Waals surface area contributed by atoms with Gasteiger partial charge in [-0.2, -0.15) is 13.2 Å². The van der Waals surface area contributed by atoms with Gasteiger partial charge in [0.1, 0.15) is 5.69 Å². The number of aromatic nitrogens is 2. The Morgan fingerprint density at radius 1 is 1.19 bits per heavy atom. The molecule has 7 nitrogen and oxygen atoms in total. The van der Waals surface area contributed by atoms with E-state index in [4.69, 9.17) is 4.74 Å². The molecule has 0 aliphatic carbocycles. The van der Waals surface area contributed by atoms with Crippen molar-refractivity contribution in [3.63, 3.8) is 0 Å². The Kier molecular flexibility index (Phi) is 5.75. The molecule has 0 bridgehead atoms. The van der Waals surface area contributed by atoms with Crippen LogP contribution in [0.1, 0.15) is 10.5 Å². The second-order valence-corrected chi connectivity index (χ2v) is 5.74. The van der Waals surface area contributed by atoms with E-state index in [1.165, 1.54) is 24.5 Å². The summed E-state index contributed by atoms with van der Waals surface area (Å²) in [6.07, 6.45) is -1.69. The molecule has 0 spiro atoms. The highest BCUT2D eigenvalue weighted by Crippen LogP contribution is 2.20. The number of rotatable bonds is 5. The second kappa shape index (κ2) is 8.21. The molecule has 1 fully saturated rings. The van der Waals surface area contributed by atoms with Crippen molar-refractivity contribution in [3.8, 4) is 5.88 Å². The number of anilines is 2. The largest absolute Gasteiger partial charge is 0.468 e. The van der Waals surface area contributed by atoms with E-state index < -0.39 is 18.7 Å². The molecule has 144 valence electrons. The van der Waals surface area contributed by atoms with Crippen molar-refractivity contribution in [2.75, 3.05) is 43.1 Å². The number of hydrogen-bond donors (Lipinski definition) is 1. The first kappa shape index (κ1) is 18.9. The Hall–Kier alpha value is -2.88. The molecule has 1 aliphatic rings. The van der Waals surface area contributed by atoms with Crippen LogP contribution in [-0.4, -0.2) is 55.0 Å². The maximum Gasteiger partial charge on any atom is 0.422 e. The summed E-state index contributed by atoms with van der Waals surface area (Å²) >= 11 is 0. The number of nitrogens with one attached hydrogen (secondary N) is 1. The lowest BCUT2D eigenvalue weighted by Crippen LogP contribution is -2.36. The van der Waals surface area contributed by atoms with Crippen LogP contribution in [0.25, 0.3) is 0 Å². The summed E-state index contributed by atoms with van der Waals surface area (Å²) in [7, 11) is 0. The number of halogens is 3. The molecule has 2 aromatic rings. The van der Waals surface area contributed by atoms with Crippen LogP contribution in [0.15, 0.2) is 36.7 Å². The molecule has 3 heterocycles. The maximum absolute atomic E-state index is 12.4. The fourth-order valence-corrected chi connectivity index (χ4v) is 2.48. The van der Waals surface area contributed by atoms with Gasteiger partial charge >= 0.3 is 6.18 Å². The normalized spacial score (nSPS) is 14.7. The van der Waals surface area contributed by atoms with Crippen molar-refractivity contribution in [3.05, 3.63) is 42.4 Å². The number of alkyl halides is 3. The number of hydrogen-bond acceptors (Lipinski definition) is 6. The van der Waals surface area contributed by atoms with E-state index in [0.717, 1.165) is 18.8 Å². The Balaban J connectivity index is 1.66. The first-order chi connectivity index (χ1) is 12.9. The molecule has 1 N–H and O–H groups in total. The lowest BCUT2D eigenvalue weighted by atomic mass is 10.2. The quantitative estimate of drug-likeness (QED) is 0.856. The van der Waals surface area contributed by atoms with Gasteiger partial charge in [0.05, 0.1) is 13.2 Å². The molecule has 1 saturated heterocycles. The number of amides is 1. The monoisotopic (exact) mass is 382 g/mol. The summed E-state index contributed by atoms with van der Waals surface area (Å²) in [4.78, 5) is 22.2. The van der Waals surface area contributed by atoms with Crippen LogP contribution in [0, 0.1) is 0 Å². The average molecular weight is 382 g/mol. The highest BCUT2D eigenvalue weighted by molar-refractivity contribution is 6.03. The zero-order valence-electron chi connectivity index (χ0n) is 14.2. The molecule has 0 radical (unpaired) electrons. The molecule has 0 atom stereocenters. The van der Waals surface area contributed by atoms with Crippen LogP contribution in [0.3, 0.4) is 0 Å². The van der Waals surface area contributed by atoms with E-state index in [-0.39, 0.29) is 17.3 Å². The van der Waals surface area contributed by atoms with E-state index in [2.05, 4.69) is 24.9 Å². The van der Waals surface area contributed by atoms with Gasteiger partial charge in [0.25, 0.3) is 5.91 Å². The van der Waals surface area contributed by atoms with Gasteiger partial charge < -0.3 is 19.7 Å². The van der Waals surface area contributed by atoms with E-state index in [9.17, 15) is 18.0 Å². The molecule has 10 heteroatoms. The fourth-order valence-electron chi connectivity index (χ4n) is 2.48. The second-order valence-electron chi connectivity index (χ2n) is 5.74. The number of carbonyl (C=O) groups is 1. The Labute approximate surface area is 153 Å². The van der Waals surface area contributed by atoms with E-state index in [1.54, 1.807) is 12.1 Å². The highest BCUT2D eigenvalue weighted by atomic mass is 19.4. The van der Waals surface area contributed by atoms with Crippen molar-refractivity contribution in [2.24, 2.45) is 0 Å². The van der Waals surface area contributed by atoms with E-state index in [0.29, 0.717) is 13.2 Å². The molecule has 1 amide bonds. The van der Waals surface area contributed by atoms with Gasteiger partial charge in [0.2, 0.25) is 5.88 Å². The summed E-state index contributed by atoms with van der Waals surface area (Å²) in [6.45, 7) is 1.20. The number of ether oxygens (including phenoxy) is 2. The summed E-state index contributed by atoms with van der Waals surface area (Å²) in [5.74, 6) is -0.724. The smallest absolute Gasteiger partial charge is 0.422 e. The Morgan fingerprint density at radius 3 is 2.67 bits per heavy atom. The van der Waals surface area contributed by atoms with Crippen molar-refractivity contribution in [1.29, 1.82) is 0 Å². The number of pyridine rings is 2. The number of morpholine rings is 1. The third-order valence-corrected chi connectivity index (χ3v) is 3.73. The first-order valence-electron chi connectivity index (χ1n) is 8.16. The van der Waals surface area contributed by atoms with Crippen LogP contribution < -0.4 is 15.0 Å².